The van der Waals surface area contributed by atoms with E-state index in [4.69, 9.17) is 0 Å². The van der Waals surface area contributed by atoms with Crippen molar-refractivity contribution in [1.82, 2.24) is 14.5 Å². The Kier molecular flexibility index (Phi) is 6.83. The van der Waals surface area contributed by atoms with Gasteiger partial charge in [-0.1, -0.05) is 12.1 Å². The van der Waals surface area contributed by atoms with E-state index in [0.717, 1.165) is 36.6 Å². The van der Waals surface area contributed by atoms with Crippen molar-refractivity contribution in [2.45, 2.75) is 62.8 Å². The zero-order chi connectivity index (χ0) is 25.3. The Labute approximate surface area is 211 Å². The van der Waals surface area contributed by atoms with Crippen LogP contribution >= 0.6 is 0 Å². The molecule has 5 rings (SSSR count). The Morgan fingerprint density at radius 1 is 1.03 bits per heavy atom. The second-order valence-electron chi connectivity index (χ2n) is 9.84. The number of carbonyl (C=O) groups is 2. The molecule has 1 saturated heterocycles. The van der Waals surface area contributed by atoms with Crippen LogP contribution in [-0.2, 0) is 32.4 Å². The number of aromatic nitrogens is 2. The first-order chi connectivity index (χ1) is 17.3. The summed E-state index contributed by atoms with van der Waals surface area (Å²) >= 11 is 0. The topological polar surface area (TPSA) is 101 Å². The Balaban J connectivity index is 1.18. The second-order valence-corrected chi connectivity index (χ2v) is 11.9. The summed E-state index contributed by atoms with van der Waals surface area (Å²) in [6.07, 6.45) is 7.20. The number of hydrogen-bond acceptors (Lipinski definition) is 5. The monoisotopic (exact) mass is 508 g/mol. The third kappa shape index (κ3) is 5.16. The molecule has 0 unspecified atom stereocenters. The van der Waals surface area contributed by atoms with E-state index in [0.29, 0.717) is 24.7 Å². The van der Waals surface area contributed by atoms with Crippen molar-refractivity contribution in [3.05, 3.63) is 54.1 Å². The highest BCUT2D eigenvalue weighted by Crippen LogP contribution is 2.31. The molecule has 2 aliphatic heterocycles. The summed E-state index contributed by atoms with van der Waals surface area (Å²) in [6, 6.07) is 10.3. The van der Waals surface area contributed by atoms with Gasteiger partial charge in [0.05, 0.1) is 10.6 Å². The van der Waals surface area contributed by atoms with Crippen LogP contribution in [0, 0.1) is 0 Å². The summed E-state index contributed by atoms with van der Waals surface area (Å²) in [5.74, 6) is 1.11. The van der Waals surface area contributed by atoms with Crippen molar-refractivity contribution in [2.75, 3.05) is 24.2 Å². The van der Waals surface area contributed by atoms with Gasteiger partial charge in [0.1, 0.15) is 5.82 Å². The van der Waals surface area contributed by atoms with Crippen molar-refractivity contribution in [3.63, 3.8) is 0 Å². The lowest BCUT2D eigenvalue weighted by Gasteiger charge is -2.33. The standard InChI is InChI=1S/C27H32N4O4S/c1-19(32)29-23-7-5-22-17-24(8-6-21(22)16-23)36(34,35)15-11-27(33)30-13-9-20(10-14-30)25-18-28-26-4-2-3-12-31(25)26/h5-8,16-18,20H,2-4,9-15H2,1H3,(H,29,32). The summed E-state index contributed by atoms with van der Waals surface area (Å²) in [5, 5.41) is 4.32. The van der Waals surface area contributed by atoms with Gasteiger partial charge < -0.3 is 14.8 Å². The van der Waals surface area contributed by atoms with Gasteiger partial charge in [-0.2, -0.15) is 0 Å². The summed E-state index contributed by atoms with van der Waals surface area (Å²) in [7, 11) is -3.60. The fourth-order valence-electron chi connectivity index (χ4n) is 5.39. The Bertz CT molecular complexity index is 1400. The van der Waals surface area contributed by atoms with Crippen molar-refractivity contribution in [2.24, 2.45) is 0 Å². The lowest BCUT2D eigenvalue weighted by Crippen LogP contribution is -2.39. The number of nitrogens with one attached hydrogen (secondary N) is 1. The van der Waals surface area contributed by atoms with E-state index in [2.05, 4.69) is 14.9 Å². The maximum absolute atomic E-state index is 13.0. The number of sulfone groups is 1. The van der Waals surface area contributed by atoms with E-state index in [1.165, 1.54) is 31.3 Å². The molecule has 0 atom stereocenters. The Hall–Kier alpha value is -3.20. The second kappa shape index (κ2) is 10.0. The Morgan fingerprint density at radius 3 is 2.56 bits per heavy atom. The van der Waals surface area contributed by atoms with Crippen LogP contribution in [0.3, 0.4) is 0 Å². The molecule has 190 valence electrons. The Morgan fingerprint density at radius 2 is 1.78 bits per heavy atom. The van der Waals surface area contributed by atoms with E-state index >= 15 is 0 Å². The van der Waals surface area contributed by atoms with E-state index in [1.807, 2.05) is 11.1 Å². The van der Waals surface area contributed by atoms with E-state index in [9.17, 15) is 18.0 Å². The number of benzene rings is 2. The molecular weight excluding hydrogens is 476 g/mol. The highest BCUT2D eigenvalue weighted by Gasteiger charge is 2.28. The minimum absolute atomic E-state index is 0.0193. The van der Waals surface area contributed by atoms with Gasteiger partial charge in [-0.05, 0) is 60.7 Å². The number of amides is 2. The number of fused-ring (bicyclic) bond motifs is 2. The molecule has 3 heterocycles. The molecule has 0 radical (unpaired) electrons. The van der Waals surface area contributed by atoms with Crippen molar-refractivity contribution >= 4 is 38.1 Å². The minimum atomic E-state index is -3.60. The minimum Gasteiger partial charge on any atom is -0.343 e. The van der Waals surface area contributed by atoms with Crippen LogP contribution in [0.5, 0.6) is 0 Å². The number of nitrogens with zero attached hydrogens (tertiary/aromatic N) is 3. The number of aryl methyl sites for hydroxylation is 1. The molecule has 0 bridgehead atoms. The van der Waals surface area contributed by atoms with Crippen LogP contribution in [0.25, 0.3) is 10.8 Å². The first-order valence-corrected chi connectivity index (χ1v) is 14.3. The first-order valence-electron chi connectivity index (χ1n) is 12.7. The maximum Gasteiger partial charge on any atom is 0.223 e. The molecule has 9 heteroatoms. The predicted octanol–water partition coefficient (Wildman–Crippen LogP) is 3.90. The quantitative estimate of drug-likeness (QED) is 0.544. The zero-order valence-electron chi connectivity index (χ0n) is 20.6. The number of piperidine rings is 1. The third-order valence-electron chi connectivity index (χ3n) is 7.34. The van der Waals surface area contributed by atoms with Gasteiger partial charge in [0, 0.05) is 62.9 Å². The molecule has 2 amide bonds. The fourth-order valence-corrected chi connectivity index (χ4v) is 6.65. The maximum atomic E-state index is 13.0. The molecular formula is C27H32N4O4S. The van der Waals surface area contributed by atoms with Crippen molar-refractivity contribution in [3.8, 4) is 0 Å². The number of imidazole rings is 1. The highest BCUT2D eigenvalue weighted by atomic mass is 32.2. The summed E-state index contributed by atoms with van der Waals surface area (Å²) in [6.45, 7) is 3.77. The van der Waals surface area contributed by atoms with Gasteiger partial charge in [-0.15, -0.1) is 0 Å². The molecule has 1 aromatic heterocycles. The van der Waals surface area contributed by atoms with Crippen LogP contribution in [-0.4, -0.2) is 53.5 Å². The van der Waals surface area contributed by atoms with Gasteiger partial charge in [0.2, 0.25) is 11.8 Å². The molecule has 8 nitrogen and oxygen atoms in total. The number of rotatable bonds is 6. The van der Waals surface area contributed by atoms with Gasteiger partial charge in [0.25, 0.3) is 0 Å². The highest BCUT2D eigenvalue weighted by molar-refractivity contribution is 7.91. The predicted molar refractivity (Wildman–Crippen MR) is 139 cm³/mol. The molecule has 0 saturated carbocycles. The van der Waals surface area contributed by atoms with Gasteiger partial charge >= 0.3 is 0 Å². The van der Waals surface area contributed by atoms with E-state index in [-0.39, 0.29) is 28.9 Å². The van der Waals surface area contributed by atoms with Gasteiger partial charge in [0.15, 0.2) is 9.84 Å². The largest absolute Gasteiger partial charge is 0.343 e. The number of anilines is 1. The molecule has 36 heavy (non-hydrogen) atoms. The number of likely N-dealkylation sites (tertiary alicyclic amines) is 1. The van der Waals surface area contributed by atoms with Crippen molar-refractivity contribution in [1.29, 1.82) is 0 Å². The van der Waals surface area contributed by atoms with Gasteiger partial charge in [-0.3, -0.25) is 9.59 Å². The first kappa shape index (κ1) is 24.5. The van der Waals surface area contributed by atoms with Crippen LogP contribution in [0.15, 0.2) is 47.5 Å². The SMILES string of the molecule is CC(=O)Nc1ccc2cc(S(=O)(=O)CCC(=O)N3CCC(c4cnc5n4CCCC5)CC3)ccc2c1. The zero-order valence-corrected chi connectivity index (χ0v) is 21.4. The van der Waals surface area contributed by atoms with Gasteiger partial charge in [-0.25, -0.2) is 13.4 Å². The van der Waals surface area contributed by atoms with E-state index < -0.39 is 9.84 Å². The van der Waals surface area contributed by atoms with Crippen molar-refractivity contribution < 1.29 is 18.0 Å². The normalized spacial score (nSPS) is 16.6. The smallest absolute Gasteiger partial charge is 0.223 e. The van der Waals surface area contributed by atoms with Crippen LogP contribution < -0.4 is 5.32 Å². The fraction of sp³-hybridized carbons (Fsp3) is 0.444. The molecule has 2 aliphatic rings. The van der Waals surface area contributed by atoms with Crippen LogP contribution in [0.4, 0.5) is 5.69 Å². The summed E-state index contributed by atoms with van der Waals surface area (Å²) in [4.78, 5) is 30.7. The lowest BCUT2D eigenvalue weighted by atomic mass is 9.93. The molecule has 2 aromatic carbocycles. The average molecular weight is 509 g/mol. The van der Waals surface area contributed by atoms with Crippen LogP contribution in [0.1, 0.15) is 56.5 Å². The summed E-state index contributed by atoms with van der Waals surface area (Å²) in [5.41, 5.74) is 1.95. The van der Waals surface area contributed by atoms with Crippen LogP contribution in [0.2, 0.25) is 0 Å². The molecule has 0 spiro atoms. The molecule has 0 aliphatic carbocycles. The molecule has 1 fully saturated rings. The third-order valence-corrected chi connectivity index (χ3v) is 9.06. The summed E-state index contributed by atoms with van der Waals surface area (Å²) < 4.78 is 28.3. The van der Waals surface area contributed by atoms with E-state index in [1.54, 1.807) is 36.4 Å². The number of carbonyl (C=O) groups excluding carboxylic acids is 2. The average Bonchev–Trinajstić information content (AvgIpc) is 3.31. The molecule has 1 N–H and O–H groups in total. The molecule has 3 aromatic rings. The number of hydrogen-bond donors (Lipinski definition) is 1. The lowest BCUT2D eigenvalue weighted by molar-refractivity contribution is -0.131.